The topological polar surface area (TPSA) is 142 Å². The number of hydrogen-bond acceptors (Lipinski definition) is 7. The maximum atomic E-state index is 13.5. The average Bonchev–Trinajstić information content (AvgIpc) is 2.83. The molecule has 0 aliphatic heterocycles. The van der Waals surface area contributed by atoms with Crippen LogP contribution in [0.2, 0.25) is 0 Å². The summed E-state index contributed by atoms with van der Waals surface area (Å²) in [5.41, 5.74) is 7.15. The number of sulfonamides is 1. The third kappa shape index (κ3) is 8.99. The van der Waals surface area contributed by atoms with E-state index in [-0.39, 0.29) is 30.4 Å². The fourth-order valence-corrected chi connectivity index (χ4v) is 5.44. The van der Waals surface area contributed by atoms with Gasteiger partial charge in [-0.2, -0.15) is 9.21 Å². The monoisotopic (exact) mass is 532 g/mol. The van der Waals surface area contributed by atoms with Gasteiger partial charge in [0.1, 0.15) is 6.54 Å². The highest BCUT2D eigenvalue weighted by Gasteiger charge is 2.34. The van der Waals surface area contributed by atoms with E-state index in [1.807, 2.05) is 65.0 Å². The van der Waals surface area contributed by atoms with Crippen LogP contribution in [0.25, 0.3) is 0 Å². The number of aliphatic hydroxyl groups is 1. The summed E-state index contributed by atoms with van der Waals surface area (Å²) in [6, 6.07) is 13.7. The average molecular weight is 533 g/mol. The summed E-state index contributed by atoms with van der Waals surface area (Å²) in [7, 11) is -3.97. The van der Waals surface area contributed by atoms with Crippen molar-refractivity contribution >= 4 is 15.9 Å². The van der Waals surface area contributed by atoms with Gasteiger partial charge in [0.15, 0.2) is 0 Å². The predicted molar refractivity (Wildman–Crippen MR) is 145 cm³/mol. The van der Waals surface area contributed by atoms with Crippen molar-refractivity contribution < 1.29 is 18.3 Å². The molecule has 2 aromatic rings. The van der Waals surface area contributed by atoms with Crippen LogP contribution in [-0.2, 0) is 27.8 Å². The molecule has 1 amide bonds. The Kier molecular flexibility index (Phi) is 10.9. The number of nitrogens with zero attached hydrogens (tertiary/aromatic N) is 2. The van der Waals surface area contributed by atoms with E-state index in [4.69, 9.17) is 5.73 Å². The van der Waals surface area contributed by atoms with Crippen LogP contribution in [0.5, 0.6) is 0 Å². The largest absolute Gasteiger partial charge is 0.390 e. The molecule has 0 saturated heterocycles. The Morgan fingerprint density at radius 2 is 1.62 bits per heavy atom. The van der Waals surface area contributed by atoms with Gasteiger partial charge in [0.2, 0.25) is 15.9 Å². The van der Waals surface area contributed by atoms with Gasteiger partial charge in [-0.25, -0.2) is 8.42 Å². The van der Waals surface area contributed by atoms with Crippen LogP contribution in [0.4, 0.5) is 0 Å². The maximum absolute atomic E-state index is 13.5. The molecule has 4 N–H and O–H groups in total. The molecule has 10 heteroatoms. The number of carbonyl (C=O) groups excluding carboxylic acids is 1. The van der Waals surface area contributed by atoms with Gasteiger partial charge >= 0.3 is 0 Å². The van der Waals surface area contributed by atoms with E-state index in [2.05, 4.69) is 10.5 Å². The van der Waals surface area contributed by atoms with E-state index in [1.54, 1.807) is 12.1 Å². The number of amides is 1. The molecule has 0 aromatic heterocycles. The van der Waals surface area contributed by atoms with Gasteiger partial charge in [-0.05, 0) is 41.0 Å². The zero-order valence-corrected chi connectivity index (χ0v) is 23.1. The molecular formula is C27H40N4O5S. The first-order chi connectivity index (χ1) is 17.3. The normalized spacial score (nSPS) is 14.8. The van der Waals surface area contributed by atoms with Gasteiger partial charge in [-0.1, -0.05) is 82.3 Å². The summed E-state index contributed by atoms with van der Waals surface area (Å²) < 4.78 is 28.3. The number of hydrogen-bond donors (Lipinski definition) is 3. The molecule has 0 radical (unpaired) electrons. The van der Waals surface area contributed by atoms with Crippen molar-refractivity contribution in [3.05, 3.63) is 70.6 Å². The fourth-order valence-electron chi connectivity index (χ4n) is 3.82. The van der Waals surface area contributed by atoms with E-state index >= 15 is 0 Å². The van der Waals surface area contributed by atoms with Crippen molar-refractivity contribution in [3.8, 4) is 0 Å². The SMILES string of the molecule is CC(C)CN(C[C@@H](O)[C@H](Cc1ccccc1)NC(=O)[C@@H](N)C(C)(C)C)S(=O)(=O)c1ccc(CN=O)cc1. The van der Waals surface area contributed by atoms with Gasteiger partial charge < -0.3 is 16.2 Å². The Morgan fingerprint density at radius 3 is 2.14 bits per heavy atom. The first kappa shape index (κ1) is 30.6. The van der Waals surface area contributed by atoms with E-state index in [0.29, 0.717) is 12.0 Å². The molecule has 0 spiro atoms. The van der Waals surface area contributed by atoms with Crippen LogP contribution in [-0.4, -0.2) is 55.0 Å². The van der Waals surface area contributed by atoms with Crippen LogP contribution < -0.4 is 11.1 Å². The summed E-state index contributed by atoms with van der Waals surface area (Å²) in [5, 5.41) is 17.0. The zero-order valence-electron chi connectivity index (χ0n) is 22.3. The lowest BCUT2D eigenvalue weighted by atomic mass is 9.86. The molecule has 37 heavy (non-hydrogen) atoms. The van der Waals surface area contributed by atoms with Crippen molar-refractivity contribution in [2.45, 2.75) is 70.7 Å². The van der Waals surface area contributed by atoms with E-state index in [1.165, 1.54) is 16.4 Å². The minimum Gasteiger partial charge on any atom is -0.390 e. The molecule has 0 saturated carbocycles. The summed E-state index contributed by atoms with van der Waals surface area (Å²) in [5.74, 6) is -0.429. The second kappa shape index (κ2) is 13.2. The van der Waals surface area contributed by atoms with Gasteiger partial charge in [0.25, 0.3) is 0 Å². The van der Waals surface area contributed by atoms with Crippen LogP contribution in [0.1, 0.15) is 45.7 Å². The molecule has 0 unspecified atom stereocenters. The Hall–Kier alpha value is -2.66. The van der Waals surface area contributed by atoms with Crippen LogP contribution >= 0.6 is 0 Å². The molecule has 0 heterocycles. The molecule has 2 aromatic carbocycles. The Bertz CT molecular complexity index is 1120. The van der Waals surface area contributed by atoms with Crippen LogP contribution in [0, 0.1) is 16.2 Å². The number of rotatable bonds is 13. The number of nitrogens with two attached hydrogens (primary N) is 1. The Balaban J connectivity index is 2.34. The Morgan fingerprint density at radius 1 is 1.03 bits per heavy atom. The van der Waals surface area contributed by atoms with Crippen molar-refractivity contribution in [2.24, 2.45) is 22.2 Å². The molecule has 0 aliphatic carbocycles. The van der Waals surface area contributed by atoms with Crippen LogP contribution in [0.15, 0.2) is 64.7 Å². The molecule has 204 valence electrons. The van der Waals surface area contributed by atoms with Gasteiger partial charge in [0, 0.05) is 13.1 Å². The summed E-state index contributed by atoms with van der Waals surface area (Å²) in [4.78, 5) is 23.5. The van der Waals surface area contributed by atoms with Crippen molar-refractivity contribution in [1.82, 2.24) is 9.62 Å². The molecule has 0 fully saturated rings. The van der Waals surface area contributed by atoms with Gasteiger partial charge in [-0.15, -0.1) is 0 Å². The number of nitroso groups, excluding NO2 is 1. The minimum absolute atomic E-state index is 0.0167. The number of aliphatic hydroxyl groups excluding tert-OH is 1. The zero-order chi connectivity index (χ0) is 27.8. The molecule has 0 aliphatic rings. The highest BCUT2D eigenvalue weighted by molar-refractivity contribution is 7.89. The molecule has 9 nitrogen and oxygen atoms in total. The van der Waals surface area contributed by atoms with E-state index < -0.39 is 39.5 Å². The Labute approximate surface area is 220 Å². The van der Waals surface area contributed by atoms with Gasteiger partial charge in [-0.3, -0.25) is 4.79 Å². The lowest BCUT2D eigenvalue weighted by Gasteiger charge is -2.33. The minimum atomic E-state index is -3.97. The van der Waals surface area contributed by atoms with E-state index in [9.17, 15) is 23.2 Å². The molecule has 3 atom stereocenters. The summed E-state index contributed by atoms with van der Waals surface area (Å²) in [6.45, 7) is 9.24. The van der Waals surface area contributed by atoms with E-state index in [0.717, 1.165) is 5.56 Å². The fraction of sp³-hybridized carbons (Fsp3) is 0.519. The number of carbonyl (C=O) groups is 1. The lowest BCUT2D eigenvalue weighted by molar-refractivity contribution is -0.126. The van der Waals surface area contributed by atoms with Crippen molar-refractivity contribution in [3.63, 3.8) is 0 Å². The smallest absolute Gasteiger partial charge is 0.243 e. The van der Waals surface area contributed by atoms with Crippen molar-refractivity contribution in [2.75, 3.05) is 13.1 Å². The highest BCUT2D eigenvalue weighted by atomic mass is 32.2. The second-order valence-corrected chi connectivity index (χ2v) is 12.8. The van der Waals surface area contributed by atoms with Crippen molar-refractivity contribution in [1.29, 1.82) is 0 Å². The third-order valence-corrected chi connectivity index (χ3v) is 7.92. The predicted octanol–water partition coefficient (Wildman–Crippen LogP) is 3.06. The second-order valence-electron chi connectivity index (χ2n) is 10.9. The summed E-state index contributed by atoms with van der Waals surface area (Å²) >= 11 is 0. The maximum Gasteiger partial charge on any atom is 0.243 e. The highest BCUT2D eigenvalue weighted by Crippen LogP contribution is 2.21. The molecule has 0 bridgehead atoms. The summed E-state index contributed by atoms with van der Waals surface area (Å²) in [6.07, 6.45) is -0.906. The third-order valence-electron chi connectivity index (χ3n) is 6.07. The standard InChI is InChI=1S/C27H40N4O5S/c1-19(2)17-31(37(35,36)22-13-11-21(12-14-22)16-29-34)18-24(32)23(15-20-9-7-6-8-10-20)30-26(33)25(28)27(3,4)5/h6-14,19,23-25,32H,15-18,28H2,1-5H3,(H,30,33)/t23-,24+,25+/m0/s1. The quantitative estimate of drug-likeness (QED) is 0.339. The van der Waals surface area contributed by atoms with Gasteiger partial charge in [0.05, 0.1) is 23.1 Å². The number of benzene rings is 2. The molecule has 2 rings (SSSR count). The van der Waals surface area contributed by atoms with Crippen LogP contribution in [0.3, 0.4) is 0 Å². The first-order valence-corrected chi connectivity index (χ1v) is 13.9. The molecular weight excluding hydrogens is 492 g/mol. The first-order valence-electron chi connectivity index (χ1n) is 12.4. The number of nitrogens with one attached hydrogen (secondary N) is 1. The lowest BCUT2D eigenvalue weighted by Crippen LogP contribution is -2.56.